The second kappa shape index (κ2) is 3.50. The molecule has 0 spiro atoms. The monoisotopic (exact) mass is 220 g/mol. The standard InChI is InChI=1S/C16H28/c1-12-13-9-10-15(2,11-13)16(12,3)14-7-5-4-6-8-14/h12-14H,4-11H2,1-3H3. The molecule has 3 rings (SSSR count). The van der Waals surface area contributed by atoms with Crippen LogP contribution in [0.3, 0.4) is 0 Å². The van der Waals surface area contributed by atoms with Crippen LogP contribution in [0.1, 0.15) is 72.1 Å². The lowest BCUT2D eigenvalue weighted by atomic mass is 9.52. The molecule has 4 unspecified atom stereocenters. The number of fused-ring (bicyclic) bond motifs is 2. The SMILES string of the molecule is CC1C2CCC(C)(C2)C1(C)C1CCCCC1. The average Bonchev–Trinajstić information content (AvgIpc) is 2.78. The van der Waals surface area contributed by atoms with Crippen LogP contribution in [0.25, 0.3) is 0 Å². The van der Waals surface area contributed by atoms with Gasteiger partial charge in [-0.1, -0.05) is 40.0 Å². The van der Waals surface area contributed by atoms with E-state index in [4.69, 9.17) is 0 Å². The van der Waals surface area contributed by atoms with E-state index in [-0.39, 0.29) is 0 Å². The van der Waals surface area contributed by atoms with Gasteiger partial charge in [0.2, 0.25) is 0 Å². The second-order valence-electron chi connectivity index (χ2n) is 7.47. The minimum Gasteiger partial charge on any atom is -0.0617 e. The van der Waals surface area contributed by atoms with Crippen LogP contribution in [0.5, 0.6) is 0 Å². The van der Waals surface area contributed by atoms with E-state index in [0.29, 0.717) is 10.8 Å². The Morgan fingerprint density at radius 1 is 0.938 bits per heavy atom. The van der Waals surface area contributed by atoms with Crippen molar-refractivity contribution < 1.29 is 0 Å². The molecule has 0 saturated heterocycles. The van der Waals surface area contributed by atoms with Gasteiger partial charge in [0.15, 0.2) is 0 Å². The van der Waals surface area contributed by atoms with Gasteiger partial charge in [-0.3, -0.25) is 0 Å². The van der Waals surface area contributed by atoms with Gasteiger partial charge in [-0.05, 0) is 60.7 Å². The van der Waals surface area contributed by atoms with Crippen molar-refractivity contribution in [3.05, 3.63) is 0 Å². The van der Waals surface area contributed by atoms with Crippen LogP contribution in [-0.2, 0) is 0 Å². The summed E-state index contributed by atoms with van der Waals surface area (Å²) >= 11 is 0. The highest BCUT2D eigenvalue weighted by molar-refractivity contribution is 5.11. The first-order chi connectivity index (χ1) is 7.58. The quantitative estimate of drug-likeness (QED) is 0.581. The summed E-state index contributed by atoms with van der Waals surface area (Å²) in [5.74, 6) is 3.11. The summed E-state index contributed by atoms with van der Waals surface area (Å²) in [7, 11) is 0. The van der Waals surface area contributed by atoms with Gasteiger partial charge in [-0.2, -0.15) is 0 Å². The summed E-state index contributed by atoms with van der Waals surface area (Å²) in [5.41, 5.74) is 1.37. The first-order valence-corrected chi connectivity index (χ1v) is 7.58. The van der Waals surface area contributed by atoms with Crippen molar-refractivity contribution in [3.63, 3.8) is 0 Å². The topological polar surface area (TPSA) is 0 Å². The molecule has 0 amide bonds. The van der Waals surface area contributed by atoms with Crippen molar-refractivity contribution in [3.8, 4) is 0 Å². The largest absolute Gasteiger partial charge is 0.0617 e. The molecule has 0 radical (unpaired) electrons. The van der Waals surface area contributed by atoms with E-state index in [1.54, 1.807) is 6.42 Å². The third-order valence-electron chi connectivity index (χ3n) is 7.19. The summed E-state index contributed by atoms with van der Waals surface area (Å²) < 4.78 is 0. The molecule has 4 atom stereocenters. The highest BCUT2D eigenvalue weighted by atomic mass is 14.7. The summed E-state index contributed by atoms with van der Waals surface area (Å²) in [6, 6.07) is 0. The van der Waals surface area contributed by atoms with Gasteiger partial charge in [-0.25, -0.2) is 0 Å². The number of hydrogen-bond acceptors (Lipinski definition) is 0. The summed E-state index contributed by atoms with van der Waals surface area (Å²) in [4.78, 5) is 0. The molecule has 0 aromatic carbocycles. The van der Waals surface area contributed by atoms with Crippen molar-refractivity contribution >= 4 is 0 Å². The Balaban J connectivity index is 1.90. The molecule has 0 aromatic rings. The molecule has 2 bridgehead atoms. The average molecular weight is 220 g/mol. The van der Waals surface area contributed by atoms with E-state index >= 15 is 0 Å². The summed E-state index contributed by atoms with van der Waals surface area (Å²) in [6.45, 7) is 7.85. The molecular formula is C16H28. The molecule has 16 heavy (non-hydrogen) atoms. The Morgan fingerprint density at radius 2 is 1.62 bits per heavy atom. The van der Waals surface area contributed by atoms with Crippen molar-refractivity contribution in [1.29, 1.82) is 0 Å². The fourth-order valence-corrected chi connectivity index (χ4v) is 5.81. The zero-order valence-corrected chi connectivity index (χ0v) is 11.4. The van der Waals surface area contributed by atoms with Crippen LogP contribution in [0, 0.1) is 28.6 Å². The fraction of sp³-hybridized carbons (Fsp3) is 1.00. The van der Waals surface area contributed by atoms with E-state index in [2.05, 4.69) is 20.8 Å². The van der Waals surface area contributed by atoms with Crippen LogP contribution in [0.15, 0.2) is 0 Å². The lowest BCUT2D eigenvalue weighted by Gasteiger charge is -2.52. The van der Waals surface area contributed by atoms with Gasteiger partial charge in [0.05, 0.1) is 0 Å². The first-order valence-electron chi connectivity index (χ1n) is 7.58. The number of rotatable bonds is 1. The van der Waals surface area contributed by atoms with Gasteiger partial charge in [0.1, 0.15) is 0 Å². The highest BCUT2D eigenvalue weighted by Crippen LogP contribution is 2.70. The third-order valence-corrected chi connectivity index (χ3v) is 7.19. The van der Waals surface area contributed by atoms with Crippen LogP contribution < -0.4 is 0 Å². The maximum atomic E-state index is 2.66. The zero-order chi connectivity index (χ0) is 11.4. The molecule has 0 aromatic heterocycles. The molecule has 92 valence electrons. The van der Waals surface area contributed by atoms with Crippen LogP contribution in [-0.4, -0.2) is 0 Å². The van der Waals surface area contributed by atoms with E-state index in [1.807, 2.05) is 0 Å². The van der Waals surface area contributed by atoms with Gasteiger partial charge < -0.3 is 0 Å². The molecule has 3 saturated carbocycles. The summed E-state index contributed by atoms with van der Waals surface area (Å²) in [6.07, 6.45) is 12.2. The Morgan fingerprint density at radius 3 is 2.19 bits per heavy atom. The summed E-state index contributed by atoms with van der Waals surface area (Å²) in [5, 5.41) is 0. The lowest BCUT2D eigenvalue weighted by molar-refractivity contribution is -0.0361. The van der Waals surface area contributed by atoms with Gasteiger partial charge in [-0.15, -0.1) is 0 Å². The molecule has 0 heterocycles. The molecular weight excluding hydrogens is 192 g/mol. The minimum absolute atomic E-state index is 0.677. The molecule has 3 fully saturated rings. The Hall–Kier alpha value is 0. The molecule has 0 N–H and O–H groups in total. The van der Waals surface area contributed by atoms with Gasteiger partial charge in [0, 0.05) is 0 Å². The highest BCUT2D eigenvalue weighted by Gasteiger charge is 2.62. The maximum Gasteiger partial charge on any atom is -0.0215 e. The Bertz CT molecular complexity index is 276. The van der Waals surface area contributed by atoms with Crippen molar-refractivity contribution in [2.75, 3.05) is 0 Å². The van der Waals surface area contributed by atoms with Crippen LogP contribution in [0.4, 0.5) is 0 Å². The van der Waals surface area contributed by atoms with Gasteiger partial charge in [0.25, 0.3) is 0 Å². The van der Waals surface area contributed by atoms with E-state index in [9.17, 15) is 0 Å². The third kappa shape index (κ3) is 1.22. The van der Waals surface area contributed by atoms with Crippen molar-refractivity contribution in [2.24, 2.45) is 28.6 Å². The van der Waals surface area contributed by atoms with Crippen molar-refractivity contribution in [1.82, 2.24) is 0 Å². The predicted molar refractivity (Wildman–Crippen MR) is 69.3 cm³/mol. The van der Waals surface area contributed by atoms with E-state index in [1.165, 1.54) is 44.9 Å². The van der Waals surface area contributed by atoms with E-state index < -0.39 is 0 Å². The number of hydrogen-bond donors (Lipinski definition) is 0. The molecule has 0 nitrogen and oxygen atoms in total. The Labute approximate surface area is 101 Å². The minimum atomic E-state index is 0.677. The van der Waals surface area contributed by atoms with E-state index in [0.717, 1.165) is 17.8 Å². The smallest absolute Gasteiger partial charge is 0.0215 e. The van der Waals surface area contributed by atoms with Gasteiger partial charge >= 0.3 is 0 Å². The molecule has 0 aliphatic heterocycles. The first kappa shape index (κ1) is 11.1. The zero-order valence-electron chi connectivity index (χ0n) is 11.4. The fourth-order valence-electron chi connectivity index (χ4n) is 5.81. The van der Waals surface area contributed by atoms with Crippen molar-refractivity contribution in [2.45, 2.75) is 72.1 Å². The molecule has 0 heteroatoms. The molecule has 3 aliphatic carbocycles. The predicted octanol–water partition coefficient (Wildman–Crippen LogP) is 5.03. The molecule has 3 aliphatic rings. The normalized spacial score (nSPS) is 53.4. The second-order valence-corrected chi connectivity index (χ2v) is 7.47. The van der Waals surface area contributed by atoms with Crippen LogP contribution >= 0.6 is 0 Å². The maximum absolute atomic E-state index is 2.66. The lowest BCUT2D eigenvalue weighted by Crippen LogP contribution is -2.45. The Kier molecular flexibility index (Phi) is 2.43. The van der Waals surface area contributed by atoms with Crippen LogP contribution in [0.2, 0.25) is 0 Å².